The second-order valence-corrected chi connectivity index (χ2v) is 5.30. The van der Waals surface area contributed by atoms with E-state index >= 15 is 0 Å². The van der Waals surface area contributed by atoms with E-state index in [0.29, 0.717) is 23.0 Å². The second kappa shape index (κ2) is 5.24. The molecule has 0 atom stereocenters. The highest BCUT2D eigenvalue weighted by Gasteiger charge is 2.33. The first-order valence-electron chi connectivity index (χ1n) is 7.20. The van der Waals surface area contributed by atoms with Gasteiger partial charge in [0.1, 0.15) is 17.2 Å². The molecule has 0 radical (unpaired) electrons. The Morgan fingerprint density at radius 1 is 1.00 bits per heavy atom. The van der Waals surface area contributed by atoms with E-state index < -0.39 is 5.92 Å². The number of amides is 1. The Morgan fingerprint density at radius 2 is 1.61 bits per heavy atom. The fourth-order valence-electron chi connectivity index (χ4n) is 2.73. The van der Waals surface area contributed by atoms with Crippen molar-refractivity contribution in [2.24, 2.45) is 0 Å². The number of benzene rings is 2. The number of para-hydroxylation sites is 2. The average molecular weight is 307 g/mol. The molecule has 2 heterocycles. The molecule has 1 amide bonds. The summed E-state index contributed by atoms with van der Waals surface area (Å²) in [4.78, 5) is 12.9. The van der Waals surface area contributed by atoms with Crippen molar-refractivity contribution in [2.45, 2.75) is 12.8 Å². The van der Waals surface area contributed by atoms with Gasteiger partial charge in [-0.25, -0.2) is 4.63 Å². The van der Waals surface area contributed by atoms with Crippen LogP contribution in [0.25, 0.3) is 0 Å². The van der Waals surface area contributed by atoms with Crippen molar-refractivity contribution in [3.8, 4) is 11.5 Å². The van der Waals surface area contributed by atoms with Gasteiger partial charge in [-0.2, -0.15) is 0 Å². The van der Waals surface area contributed by atoms with Gasteiger partial charge in [-0.3, -0.25) is 4.79 Å². The van der Waals surface area contributed by atoms with Crippen LogP contribution < -0.4 is 10.1 Å². The number of rotatable bonds is 2. The Bertz CT molecular complexity index is 843. The first kappa shape index (κ1) is 13.5. The zero-order chi connectivity index (χ0) is 15.8. The summed E-state index contributed by atoms with van der Waals surface area (Å²) in [5, 5.41) is 10.2. The summed E-state index contributed by atoms with van der Waals surface area (Å²) < 4.78 is 10.5. The summed E-state index contributed by atoms with van der Waals surface area (Å²) in [7, 11) is 0. The minimum absolute atomic E-state index is 0.202. The van der Waals surface area contributed by atoms with Gasteiger partial charge in [0.05, 0.1) is 5.92 Å². The number of hydrogen-bond acceptors (Lipinski definition) is 5. The van der Waals surface area contributed by atoms with E-state index in [4.69, 9.17) is 4.74 Å². The molecular formula is C17H13N3O3. The predicted octanol–water partition coefficient (Wildman–Crippen LogP) is 3.25. The highest BCUT2D eigenvalue weighted by molar-refractivity contribution is 5.99. The van der Waals surface area contributed by atoms with Crippen LogP contribution in [0.3, 0.4) is 0 Å². The number of carbonyl (C=O) groups is 1. The Balaban J connectivity index is 1.78. The molecule has 2 aromatic carbocycles. The average Bonchev–Trinajstić information content (AvgIpc) is 2.97. The fraction of sp³-hybridized carbons (Fsp3) is 0.118. The smallest absolute Gasteiger partial charge is 0.237 e. The van der Waals surface area contributed by atoms with Gasteiger partial charge in [-0.05, 0) is 24.2 Å². The molecule has 6 nitrogen and oxygen atoms in total. The number of carbonyl (C=O) groups excluding carboxylic acids is 1. The van der Waals surface area contributed by atoms with Crippen LogP contribution >= 0.6 is 0 Å². The molecule has 1 aliphatic rings. The monoisotopic (exact) mass is 307 g/mol. The van der Waals surface area contributed by atoms with Gasteiger partial charge in [0.15, 0.2) is 5.82 Å². The first-order valence-corrected chi connectivity index (χ1v) is 7.20. The molecule has 23 heavy (non-hydrogen) atoms. The summed E-state index contributed by atoms with van der Waals surface area (Å²) in [6, 6.07) is 15.0. The lowest BCUT2D eigenvalue weighted by Gasteiger charge is -2.27. The van der Waals surface area contributed by atoms with Crippen LogP contribution in [0, 0.1) is 6.92 Å². The summed E-state index contributed by atoms with van der Waals surface area (Å²) in [5.41, 5.74) is 2.17. The van der Waals surface area contributed by atoms with Crippen molar-refractivity contribution in [3.63, 3.8) is 0 Å². The van der Waals surface area contributed by atoms with Crippen molar-refractivity contribution in [1.82, 2.24) is 10.3 Å². The number of aromatic nitrogens is 2. The summed E-state index contributed by atoms with van der Waals surface area (Å²) in [6.45, 7) is 1.72. The minimum atomic E-state index is -0.479. The van der Waals surface area contributed by atoms with Gasteiger partial charge in [0, 0.05) is 11.1 Å². The van der Waals surface area contributed by atoms with Gasteiger partial charge < -0.3 is 10.1 Å². The van der Waals surface area contributed by atoms with Crippen LogP contribution in [-0.2, 0) is 4.79 Å². The minimum Gasteiger partial charge on any atom is -0.457 e. The van der Waals surface area contributed by atoms with Crippen molar-refractivity contribution >= 4 is 11.7 Å². The van der Waals surface area contributed by atoms with E-state index in [1.54, 1.807) is 6.92 Å². The maximum absolute atomic E-state index is 12.9. The first-order chi connectivity index (χ1) is 11.2. The van der Waals surface area contributed by atoms with Crippen molar-refractivity contribution < 1.29 is 14.2 Å². The molecule has 0 bridgehead atoms. The van der Waals surface area contributed by atoms with Gasteiger partial charge in [-0.1, -0.05) is 41.6 Å². The topological polar surface area (TPSA) is 77.3 Å². The Labute approximate surface area is 132 Å². The van der Waals surface area contributed by atoms with E-state index in [1.807, 2.05) is 48.5 Å². The summed E-state index contributed by atoms with van der Waals surface area (Å²) in [6.07, 6.45) is 0. The van der Waals surface area contributed by atoms with Crippen molar-refractivity contribution in [1.29, 1.82) is 0 Å². The predicted molar refractivity (Wildman–Crippen MR) is 82.5 cm³/mol. The number of ether oxygens (including phenoxy) is 1. The van der Waals surface area contributed by atoms with E-state index in [1.165, 1.54) is 0 Å². The lowest BCUT2D eigenvalue weighted by atomic mass is 9.87. The molecule has 0 unspecified atom stereocenters. The molecule has 6 heteroatoms. The van der Waals surface area contributed by atoms with Gasteiger partial charge in [0.25, 0.3) is 0 Å². The zero-order valence-corrected chi connectivity index (χ0v) is 12.3. The third kappa shape index (κ3) is 2.24. The molecule has 3 aromatic rings. The number of nitrogens with one attached hydrogen (secondary N) is 1. The quantitative estimate of drug-likeness (QED) is 0.786. The number of fused-ring (bicyclic) bond motifs is 2. The van der Waals surface area contributed by atoms with Crippen LogP contribution in [0.4, 0.5) is 5.82 Å². The third-order valence-electron chi connectivity index (χ3n) is 3.84. The molecule has 4 rings (SSSR count). The van der Waals surface area contributed by atoms with Crippen LogP contribution in [0.1, 0.15) is 22.7 Å². The van der Waals surface area contributed by atoms with Gasteiger partial charge >= 0.3 is 0 Å². The second-order valence-electron chi connectivity index (χ2n) is 5.30. The summed E-state index contributed by atoms with van der Waals surface area (Å²) in [5.74, 6) is 1.01. The highest BCUT2D eigenvalue weighted by atomic mass is 16.6. The maximum atomic E-state index is 12.9. The number of aryl methyl sites for hydroxylation is 1. The number of anilines is 1. The van der Waals surface area contributed by atoms with Crippen LogP contribution in [0.2, 0.25) is 0 Å². The van der Waals surface area contributed by atoms with Crippen LogP contribution in [0.15, 0.2) is 53.2 Å². The Kier molecular flexibility index (Phi) is 3.08. The van der Waals surface area contributed by atoms with Crippen molar-refractivity contribution in [2.75, 3.05) is 5.32 Å². The fourth-order valence-corrected chi connectivity index (χ4v) is 2.73. The molecule has 1 aliphatic heterocycles. The molecule has 0 spiro atoms. The van der Waals surface area contributed by atoms with Gasteiger partial charge in [-0.15, -0.1) is 0 Å². The van der Waals surface area contributed by atoms with E-state index in [0.717, 1.165) is 11.1 Å². The third-order valence-corrected chi connectivity index (χ3v) is 3.84. The van der Waals surface area contributed by atoms with E-state index in [9.17, 15) is 4.79 Å². The Hall–Kier alpha value is -3.15. The van der Waals surface area contributed by atoms with Crippen LogP contribution in [0.5, 0.6) is 11.5 Å². The zero-order valence-electron chi connectivity index (χ0n) is 12.3. The van der Waals surface area contributed by atoms with Gasteiger partial charge in [0.2, 0.25) is 5.91 Å². The summed E-state index contributed by atoms with van der Waals surface area (Å²) >= 11 is 0. The molecule has 0 fully saturated rings. The van der Waals surface area contributed by atoms with Crippen molar-refractivity contribution in [3.05, 3.63) is 65.4 Å². The van der Waals surface area contributed by atoms with E-state index in [-0.39, 0.29) is 5.91 Å². The van der Waals surface area contributed by atoms with Crippen LogP contribution in [-0.4, -0.2) is 16.2 Å². The molecule has 114 valence electrons. The molecule has 0 saturated carbocycles. The lowest BCUT2D eigenvalue weighted by Crippen LogP contribution is -2.25. The lowest BCUT2D eigenvalue weighted by molar-refractivity contribution is -0.116. The number of hydrogen-bond donors (Lipinski definition) is 1. The molecule has 0 aliphatic carbocycles. The molecule has 1 N–H and O–H groups in total. The number of nitrogens with zero attached hydrogens (tertiary/aromatic N) is 2. The van der Waals surface area contributed by atoms with E-state index in [2.05, 4.69) is 20.3 Å². The molecule has 1 aromatic heterocycles. The normalized spacial score (nSPS) is 12.9. The molecule has 0 saturated heterocycles. The molecular weight excluding hydrogens is 294 g/mol. The largest absolute Gasteiger partial charge is 0.457 e. The SMILES string of the molecule is Cc1nonc1NC(=O)C1c2ccccc2Oc2ccccc21. The standard InChI is InChI=1S/C17H13N3O3/c1-10-16(20-23-19-10)18-17(21)15-11-6-2-4-8-13(11)22-14-9-5-3-7-12(14)15/h2-9,15H,1H3,(H,18,20,21). The highest BCUT2D eigenvalue weighted by Crippen LogP contribution is 2.44. The maximum Gasteiger partial charge on any atom is 0.237 e. The Morgan fingerprint density at radius 3 is 2.17 bits per heavy atom.